The summed E-state index contributed by atoms with van der Waals surface area (Å²) in [5, 5.41) is 4.04. The van der Waals surface area contributed by atoms with Crippen molar-refractivity contribution in [2.75, 3.05) is 6.54 Å². The van der Waals surface area contributed by atoms with Crippen LogP contribution in [0.25, 0.3) is 10.9 Å². The highest BCUT2D eigenvalue weighted by molar-refractivity contribution is 7.11. The molecule has 3 aromatic rings. The Bertz CT molecular complexity index is 806. The first kappa shape index (κ1) is 14.0. The Morgan fingerprint density at radius 1 is 1.24 bits per heavy atom. The van der Waals surface area contributed by atoms with Crippen LogP contribution in [0.15, 0.2) is 47.5 Å². The van der Waals surface area contributed by atoms with E-state index in [0.717, 1.165) is 18.6 Å². The van der Waals surface area contributed by atoms with Gasteiger partial charge in [0, 0.05) is 29.4 Å². The first-order valence-corrected chi connectivity index (χ1v) is 7.76. The van der Waals surface area contributed by atoms with Gasteiger partial charge in [-0.3, -0.25) is 9.36 Å². The van der Waals surface area contributed by atoms with Crippen molar-refractivity contribution < 1.29 is 0 Å². The number of nitrogens with zero attached hydrogens (tertiary/aromatic N) is 2. The summed E-state index contributed by atoms with van der Waals surface area (Å²) >= 11 is 1.80. The van der Waals surface area contributed by atoms with E-state index >= 15 is 0 Å². The molecule has 21 heavy (non-hydrogen) atoms. The van der Waals surface area contributed by atoms with Gasteiger partial charge in [-0.25, -0.2) is 4.98 Å². The molecule has 0 radical (unpaired) electrons. The Morgan fingerprint density at radius 3 is 2.90 bits per heavy atom. The number of aryl methyl sites for hydroxylation is 1. The molecule has 1 N–H and O–H groups in total. The van der Waals surface area contributed by atoms with E-state index in [4.69, 9.17) is 0 Å². The van der Waals surface area contributed by atoms with Crippen molar-refractivity contribution in [3.05, 3.63) is 62.8 Å². The summed E-state index contributed by atoms with van der Waals surface area (Å²) in [6, 6.07) is 11.7. The Morgan fingerprint density at radius 2 is 2.10 bits per heavy atom. The van der Waals surface area contributed by atoms with Gasteiger partial charge in [0.2, 0.25) is 0 Å². The fourth-order valence-electron chi connectivity index (χ4n) is 2.26. The average Bonchev–Trinajstić information content (AvgIpc) is 2.91. The van der Waals surface area contributed by atoms with Crippen LogP contribution < -0.4 is 10.9 Å². The molecule has 1 aromatic carbocycles. The van der Waals surface area contributed by atoms with Crippen LogP contribution in [0.5, 0.6) is 0 Å². The molecule has 0 saturated heterocycles. The molecule has 3 rings (SSSR count). The monoisotopic (exact) mass is 299 g/mol. The zero-order valence-electron chi connectivity index (χ0n) is 11.9. The number of hydrogen-bond donors (Lipinski definition) is 1. The highest BCUT2D eigenvalue weighted by Gasteiger charge is 2.03. The van der Waals surface area contributed by atoms with Gasteiger partial charge in [-0.2, -0.15) is 0 Å². The number of hydrogen-bond acceptors (Lipinski definition) is 4. The maximum Gasteiger partial charge on any atom is 0.261 e. The lowest BCUT2D eigenvalue weighted by atomic mass is 10.2. The second-order valence-electron chi connectivity index (χ2n) is 4.95. The van der Waals surface area contributed by atoms with E-state index in [1.54, 1.807) is 22.2 Å². The molecule has 0 aliphatic rings. The summed E-state index contributed by atoms with van der Waals surface area (Å²) in [6.07, 6.45) is 1.63. The highest BCUT2D eigenvalue weighted by Crippen LogP contribution is 2.14. The third kappa shape index (κ3) is 3.20. The molecule has 0 amide bonds. The van der Waals surface area contributed by atoms with Gasteiger partial charge < -0.3 is 5.32 Å². The van der Waals surface area contributed by atoms with Gasteiger partial charge in [-0.1, -0.05) is 12.1 Å². The zero-order valence-corrected chi connectivity index (χ0v) is 12.7. The SMILES string of the molecule is Cc1ccc(CNCCn2cnc3ccccc3c2=O)s1. The number of fused-ring (bicyclic) bond motifs is 1. The molecular weight excluding hydrogens is 282 g/mol. The Hall–Kier alpha value is -1.98. The molecule has 2 aromatic heterocycles. The van der Waals surface area contributed by atoms with Crippen LogP contribution in [0.1, 0.15) is 9.75 Å². The molecule has 0 fully saturated rings. The molecule has 0 aliphatic heterocycles. The van der Waals surface area contributed by atoms with Gasteiger partial charge in [0.15, 0.2) is 0 Å². The van der Waals surface area contributed by atoms with Crippen LogP contribution in [0.2, 0.25) is 0 Å². The lowest BCUT2D eigenvalue weighted by molar-refractivity contribution is 0.584. The van der Waals surface area contributed by atoms with Crippen molar-refractivity contribution in [3.63, 3.8) is 0 Å². The topological polar surface area (TPSA) is 46.9 Å². The fraction of sp³-hybridized carbons (Fsp3) is 0.250. The van der Waals surface area contributed by atoms with Crippen molar-refractivity contribution in [1.29, 1.82) is 0 Å². The van der Waals surface area contributed by atoms with Crippen LogP contribution >= 0.6 is 11.3 Å². The summed E-state index contributed by atoms with van der Waals surface area (Å²) in [6.45, 7) is 4.32. The number of benzene rings is 1. The maximum atomic E-state index is 12.3. The van der Waals surface area contributed by atoms with Gasteiger partial charge in [0.1, 0.15) is 0 Å². The van der Waals surface area contributed by atoms with Crippen molar-refractivity contribution >= 4 is 22.2 Å². The predicted molar refractivity (Wildman–Crippen MR) is 86.8 cm³/mol. The molecule has 0 aliphatic carbocycles. The maximum absolute atomic E-state index is 12.3. The van der Waals surface area contributed by atoms with Crippen LogP contribution in [0, 0.1) is 6.92 Å². The minimum atomic E-state index is 0.0226. The second-order valence-corrected chi connectivity index (χ2v) is 6.32. The average molecular weight is 299 g/mol. The van der Waals surface area contributed by atoms with Crippen molar-refractivity contribution in [2.24, 2.45) is 0 Å². The Labute approximate surface area is 127 Å². The van der Waals surface area contributed by atoms with Crippen LogP contribution in [-0.4, -0.2) is 16.1 Å². The van der Waals surface area contributed by atoms with Crippen molar-refractivity contribution in [2.45, 2.75) is 20.0 Å². The van der Waals surface area contributed by atoms with Crippen LogP contribution in [0.4, 0.5) is 0 Å². The standard InChI is InChI=1S/C16H17N3OS/c1-12-6-7-13(21-12)10-17-8-9-19-11-18-15-5-3-2-4-14(15)16(19)20/h2-7,11,17H,8-10H2,1H3. The van der Waals surface area contributed by atoms with E-state index in [1.165, 1.54) is 9.75 Å². The molecule has 108 valence electrons. The van der Waals surface area contributed by atoms with Gasteiger partial charge >= 0.3 is 0 Å². The second kappa shape index (κ2) is 6.20. The quantitative estimate of drug-likeness (QED) is 0.737. The zero-order chi connectivity index (χ0) is 14.7. The molecule has 5 heteroatoms. The summed E-state index contributed by atoms with van der Waals surface area (Å²) in [5.74, 6) is 0. The minimum Gasteiger partial charge on any atom is -0.310 e. The molecule has 0 atom stereocenters. The minimum absolute atomic E-state index is 0.0226. The molecule has 4 nitrogen and oxygen atoms in total. The summed E-state index contributed by atoms with van der Waals surface area (Å²) in [4.78, 5) is 19.2. The fourth-order valence-corrected chi connectivity index (χ4v) is 3.12. The Kier molecular flexibility index (Phi) is 4.13. The lowest BCUT2D eigenvalue weighted by Gasteiger charge is -2.07. The number of para-hydroxylation sites is 1. The predicted octanol–water partition coefficient (Wildman–Crippen LogP) is 2.56. The third-order valence-corrected chi connectivity index (χ3v) is 4.36. The first-order valence-electron chi connectivity index (χ1n) is 6.94. The number of thiophene rings is 1. The van der Waals surface area contributed by atoms with Gasteiger partial charge in [0.05, 0.1) is 17.2 Å². The smallest absolute Gasteiger partial charge is 0.261 e. The van der Waals surface area contributed by atoms with E-state index in [-0.39, 0.29) is 5.56 Å². The van der Waals surface area contributed by atoms with Gasteiger partial charge in [-0.05, 0) is 31.2 Å². The molecule has 0 saturated carbocycles. The molecule has 0 spiro atoms. The lowest BCUT2D eigenvalue weighted by Crippen LogP contribution is -2.27. The van der Waals surface area contributed by atoms with E-state index in [9.17, 15) is 4.79 Å². The van der Waals surface area contributed by atoms with E-state index in [0.29, 0.717) is 11.9 Å². The van der Waals surface area contributed by atoms with Crippen LogP contribution in [-0.2, 0) is 13.1 Å². The molecular formula is C16H17N3OS. The molecule has 0 bridgehead atoms. The number of rotatable bonds is 5. The third-order valence-electron chi connectivity index (χ3n) is 3.36. The van der Waals surface area contributed by atoms with Crippen molar-refractivity contribution in [3.8, 4) is 0 Å². The summed E-state index contributed by atoms with van der Waals surface area (Å²) in [7, 11) is 0. The molecule has 0 unspecified atom stereocenters. The number of aromatic nitrogens is 2. The largest absolute Gasteiger partial charge is 0.310 e. The van der Waals surface area contributed by atoms with E-state index in [2.05, 4.69) is 29.4 Å². The molecule has 2 heterocycles. The first-order chi connectivity index (χ1) is 10.2. The normalized spacial score (nSPS) is 11.1. The van der Waals surface area contributed by atoms with E-state index in [1.807, 2.05) is 24.3 Å². The summed E-state index contributed by atoms with van der Waals surface area (Å²) < 4.78 is 1.66. The van der Waals surface area contributed by atoms with Gasteiger partial charge in [-0.15, -0.1) is 11.3 Å². The highest BCUT2D eigenvalue weighted by atomic mass is 32.1. The number of nitrogens with one attached hydrogen (secondary N) is 1. The summed E-state index contributed by atoms with van der Waals surface area (Å²) in [5.41, 5.74) is 0.773. The van der Waals surface area contributed by atoms with Gasteiger partial charge in [0.25, 0.3) is 5.56 Å². The van der Waals surface area contributed by atoms with Crippen LogP contribution in [0.3, 0.4) is 0 Å². The van der Waals surface area contributed by atoms with E-state index < -0.39 is 0 Å². The van der Waals surface area contributed by atoms with Crippen molar-refractivity contribution in [1.82, 2.24) is 14.9 Å². The Balaban J connectivity index is 1.63.